The molecular formula is C13H25N3O2. The Morgan fingerprint density at radius 2 is 2.22 bits per heavy atom. The van der Waals surface area contributed by atoms with Gasteiger partial charge in [-0.25, -0.2) is 0 Å². The molecule has 3 N–H and O–H groups in total. The van der Waals surface area contributed by atoms with Crippen molar-refractivity contribution in [1.82, 2.24) is 16.0 Å². The zero-order chi connectivity index (χ0) is 13.4. The standard InChI is InChI=1S/C13H25N3O2/c1-3-10(2)16-12(17)6-8-15-13(18)11-5-4-7-14-9-11/h10-11,14H,3-9H2,1-2H3,(H,15,18)(H,16,17). The molecule has 0 aromatic heterocycles. The van der Waals surface area contributed by atoms with E-state index in [9.17, 15) is 9.59 Å². The van der Waals surface area contributed by atoms with Crippen LogP contribution in [0.4, 0.5) is 0 Å². The van der Waals surface area contributed by atoms with Crippen LogP contribution in [0.1, 0.15) is 39.5 Å². The van der Waals surface area contributed by atoms with Crippen LogP contribution < -0.4 is 16.0 Å². The summed E-state index contributed by atoms with van der Waals surface area (Å²) < 4.78 is 0. The second-order valence-electron chi connectivity index (χ2n) is 4.96. The predicted octanol–water partition coefficient (Wildman–Crippen LogP) is 0.407. The number of amides is 2. The summed E-state index contributed by atoms with van der Waals surface area (Å²) in [5.41, 5.74) is 0. The molecule has 0 saturated carbocycles. The smallest absolute Gasteiger partial charge is 0.224 e. The Morgan fingerprint density at radius 1 is 1.44 bits per heavy atom. The SMILES string of the molecule is CCC(C)NC(=O)CCNC(=O)C1CCCNC1. The van der Waals surface area contributed by atoms with E-state index in [-0.39, 0.29) is 23.8 Å². The van der Waals surface area contributed by atoms with Crippen molar-refractivity contribution >= 4 is 11.8 Å². The summed E-state index contributed by atoms with van der Waals surface area (Å²) in [7, 11) is 0. The maximum Gasteiger partial charge on any atom is 0.224 e. The first kappa shape index (κ1) is 15.0. The summed E-state index contributed by atoms with van der Waals surface area (Å²) in [6, 6.07) is 0.204. The highest BCUT2D eigenvalue weighted by Crippen LogP contribution is 2.09. The van der Waals surface area contributed by atoms with Gasteiger partial charge in [-0.1, -0.05) is 6.92 Å². The summed E-state index contributed by atoms with van der Waals surface area (Å²) in [4.78, 5) is 23.3. The molecule has 2 unspecified atom stereocenters. The molecule has 1 saturated heterocycles. The van der Waals surface area contributed by atoms with Crippen molar-refractivity contribution < 1.29 is 9.59 Å². The van der Waals surface area contributed by atoms with Crippen molar-refractivity contribution in [2.24, 2.45) is 5.92 Å². The van der Waals surface area contributed by atoms with E-state index in [1.807, 2.05) is 13.8 Å². The van der Waals surface area contributed by atoms with Crippen LogP contribution in [0.5, 0.6) is 0 Å². The van der Waals surface area contributed by atoms with Crippen LogP contribution in [0.3, 0.4) is 0 Å². The van der Waals surface area contributed by atoms with Crippen LogP contribution in [0.25, 0.3) is 0 Å². The van der Waals surface area contributed by atoms with Gasteiger partial charge >= 0.3 is 0 Å². The van der Waals surface area contributed by atoms with Crippen molar-refractivity contribution in [2.45, 2.75) is 45.6 Å². The van der Waals surface area contributed by atoms with Gasteiger partial charge in [-0.3, -0.25) is 9.59 Å². The van der Waals surface area contributed by atoms with Crippen molar-refractivity contribution in [3.8, 4) is 0 Å². The molecule has 0 bridgehead atoms. The molecule has 1 rings (SSSR count). The monoisotopic (exact) mass is 255 g/mol. The fraction of sp³-hybridized carbons (Fsp3) is 0.846. The Bertz CT molecular complexity index is 275. The minimum atomic E-state index is 0.00594. The van der Waals surface area contributed by atoms with E-state index in [0.29, 0.717) is 13.0 Å². The molecule has 18 heavy (non-hydrogen) atoms. The molecular weight excluding hydrogens is 230 g/mol. The van der Waals surface area contributed by atoms with Gasteiger partial charge in [-0.05, 0) is 32.7 Å². The Morgan fingerprint density at radius 3 is 2.83 bits per heavy atom. The van der Waals surface area contributed by atoms with Crippen molar-refractivity contribution in [3.63, 3.8) is 0 Å². The molecule has 5 nitrogen and oxygen atoms in total. The highest BCUT2D eigenvalue weighted by atomic mass is 16.2. The largest absolute Gasteiger partial charge is 0.355 e. The third kappa shape index (κ3) is 5.49. The van der Waals surface area contributed by atoms with E-state index in [0.717, 1.165) is 32.4 Å². The molecule has 2 atom stereocenters. The first-order valence-corrected chi connectivity index (χ1v) is 6.91. The summed E-state index contributed by atoms with van der Waals surface area (Å²) in [6.45, 7) is 6.19. The lowest BCUT2D eigenvalue weighted by atomic mass is 9.99. The lowest BCUT2D eigenvalue weighted by molar-refractivity contribution is -0.125. The van der Waals surface area contributed by atoms with Gasteiger partial charge in [0.25, 0.3) is 0 Å². The van der Waals surface area contributed by atoms with Crippen molar-refractivity contribution in [3.05, 3.63) is 0 Å². The minimum Gasteiger partial charge on any atom is -0.355 e. The van der Waals surface area contributed by atoms with Crippen molar-refractivity contribution in [2.75, 3.05) is 19.6 Å². The van der Waals surface area contributed by atoms with Crippen LogP contribution in [0.15, 0.2) is 0 Å². The highest BCUT2D eigenvalue weighted by Gasteiger charge is 2.20. The van der Waals surface area contributed by atoms with Gasteiger partial charge in [0.2, 0.25) is 11.8 Å². The minimum absolute atomic E-state index is 0.00594. The van der Waals surface area contributed by atoms with Gasteiger partial charge < -0.3 is 16.0 Å². The molecule has 0 spiro atoms. The molecule has 1 aliphatic heterocycles. The molecule has 0 aromatic carbocycles. The Labute approximate surface area is 109 Å². The molecule has 2 amide bonds. The van der Waals surface area contributed by atoms with Gasteiger partial charge in [0, 0.05) is 25.6 Å². The number of hydrogen-bond donors (Lipinski definition) is 3. The Kier molecular flexibility index (Phi) is 6.72. The van der Waals surface area contributed by atoms with Gasteiger partial charge in [-0.2, -0.15) is 0 Å². The van der Waals surface area contributed by atoms with E-state index >= 15 is 0 Å². The quantitative estimate of drug-likeness (QED) is 0.644. The average Bonchev–Trinajstić information content (AvgIpc) is 2.39. The summed E-state index contributed by atoms with van der Waals surface area (Å²) in [5.74, 6) is 0.140. The second kappa shape index (κ2) is 8.08. The number of nitrogens with one attached hydrogen (secondary N) is 3. The summed E-state index contributed by atoms with van der Waals surface area (Å²) in [5, 5.41) is 8.92. The number of hydrogen-bond acceptors (Lipinski definition) is 3. The highest BCUT2D eigenvalue weighted by molar-refractivity contribution is 5.80. The second-order valence-corrected chi connectivity index (χ2v) is 4.96. The number of rotatable bonds is 6. The Balaban J connectivity index is 2.12. The molecule has 1 heterocycles. The maximum atomic E-state index is 11.8. The third-order valence-corrected chi connectivity index (χ3v) is 3.34. The first-order valence-electron chi connectivity index (χ1n) is 6.91. The molecule has 1 aliphatic rings. The zero-order valence-corrected chi connectivity index (χ0v) is 11.4. The maximum absolute atomic E-state index is 11.8. The molecule has 0 aliphatic carbocycles. The average molecular weight is 255 g/mol. The molecule has 5 heteroatoms. The lowest BCUT2D eigenvalue weighted by Crippen LogP contribution is -2.42. The van der Waals surface area contributed by atoms with Gasteiger partial charge in [0.15, 0.2) is 0 Å². The number of piperidine rings is 1. The summed E-state index contributed by atoms with van der Waals surface area (Å²) in [6.07, 6.45) is 3.27. The van der Waals surface area contributed by atoms with E-state index in [1.165, 1.54) is 0 Å². The van der Waals surface area contributed by atoms with Crippen LogP contribution in [0, 0.1) is 5.92 Å². The number of carbonyl (C=O) groups is 2. The summed E-state index contributed by atoms with van der Waals surface area (Å²) >= 11 is 0. The predicted molar refractivity (Wildman–Crippen MR) is 71.1 cm³/mol. The fourth-order valence-corrected chi connectivity index (χ4v) is 1.97. The third-order valence-electron chi connectivity index (χ3n) is 3.34. The van der Waals surface area contributed by atoms with E-state index < -0.39 is 0 Å². The first-order chi connectivity index (χ1) is 8.63. The normalized spacial score (nSPS) is 21.1. The number of carbonyl (C=O) groups excluding carboxylic acids is 2. The molecule has 0 aromatic rings. The lowest BCUT2D eigenvalue weighted by Gasteiger charge is -2.21. The van der Waals surface area contributed by atoms with E-state index in [4.69, 9.17) is 0 Å². The van der Waals surface area contributed by atoms with Crippen LogP contribution >= 0.6 is 0 Å². The van der Waals surface area contributed by atoms with Crippen LogP contribution in [-0.4, -0.2) is 37.5 Å². The van der Waals surface area contributed by atoms with Gasteiger partial charge in [0.1, 0.15) is 0 Å². The topological polar surface area (TPSA) is 70.2 Å². The van der Waals surface area contributed by atoms with Crippen molar-refractivity contribution in [1.29, 1.82) is 0 Å². The van der Waals surface area contributed by atoms with Crippen LogP contribution in [0.2, 0.25) is 0 Å². The van der Waals surface area contributed by atoms with Gasteiger partial charge in [-0.15, -0.1) is 0 Å². The molecule has 0 radical (unpaired) electrons. The van der Waals surface area contributed by atoms with Gasteiger partial charge in [0.05, 0.1) is 5.92 Å². The van der Waals surface area contributed by atoms with E-state index in [2.05, 4.69) is 16.0 Å². The zero-order valence-electron chi connectivity index (χ0n) is 11.4. The molecule has 104 valence electrons. The van der Waals surface area contributed by atoms with Crippen LogP contribution in [-0.2, 0) is 9.59 Å². The molecule has 1 fully saturated rings. The fourth-order valence-electron chi connectivity index (χ4n) is 1.97. The van der Waals surface area contributed by atoms with E-state index in [1.54, 1.807) is 0 Å². The Hall–Kier alpha value is -1.10.